The summed E-state index contributed by atoms with van der Waals surface area (Å²) in [5.41, 5.74) is 0.716. The molecule has 2 aromatic heterocycles. The van der Waals surface area contributed by atoms with E-state index >= 15 is 0 Å². The number of fused-ring (bicyclic) bond motifs is 3. The SMILES string of the molecule is CCN(CC)C(=O)c1sc2c(c1OCCN1CCOCC1)c(=O)n(C)c1ccccc21.O=C(O)C(F)(F)F. The van der Waals surface area contributed by atoms with E-state index in [0.717, 1.165) is 48.5 Å². The molecule has 1 aliphatic rings. The summed E-state index contributed by atoms with van der Waals surface area (Å²) in [7, 11) is 1.77. The Morgan fingerprint density at radius 3 is 2.34 bits per heavy atom. The van der Waals surface area contributed by atoms with Crippen LogP contribution in [-0.2, 0) is 16.6 Å². The minimum Gasteiger partial charge on any atom is -0.490 e. The second kappa shape index (κ2) is 12.6. The van der Waals surface area contributed by atoms with Crippen LogP contribution in [0.1, 0.15) is 23.5 Å². The molecule has 1 N–H and O–H groups in total. The number of amides is 1. The number of nitrogens with zero attached hydrogens (tertiary/aromatic N) is 3. The van der Waals surface area contributed by atoms with Crippen LogP contribution in [0.2, 0.25) is 0 Å². The molecule has 1 aliphatic heterocycles. The van der Waals surface area contributed by atoms with Gasteiger partial charge in [0.25, 0.3) is 11.5 Å². The Kier molecular flexibility index (Phi) is 9.74. The van der Waals surface area contributed by atoms with Crippen LogP contribution in [0.4, 0.5) is 13.2 Å². The standard InChI is InChI=1S/C23H29N3O4S.C2HF3O2/c1-4-26(5-2)23(28)21-19(30-15-12-25-10-13-29-14-11-25)18-20(31-21)16-8-6-7-9-17(16)24(3)22(18)27;3-2(4,5)1(6)7/h6-9H,4-5,10-15H2,1-3H3;(H,6,7). The maximum atomic E-state index is 13.3. The summed E-state index contributed by atoms with van der Waals surface area (Å²) in [6.45, 7) is 9.46. The molecule has 0 saturated carbocycles. The number of para-hydroxylation sites is 1. The number of pyridine rings is 1. The molecule has 13 heteroatoms. The number of alkyl halides is 3. The quantitative estimate of drug-likeness (QED) is 0.474. The molecule has 0 aliphatic carbocycles. The third kappa shape index (κ3) is 6.45. The zero-order chi connectivity index (χ0) is 28.0. The first-order valence-corrected chi connectivity index (χ1v) is 12.9. The fourth-order valence-corrected chi connectivity index (χ4v) is 5.31. The lowest BCUT2D eigenvalue weighted by atomic mass is 10.1. The van der Waals surface area contributed by atoms with Gasteiger partial charge >= 0.3 is 12.1 Å². The number of rotatable bonds is 7. The molecule has 38 heavy (non-hydrogen) atoms. The number of carbonyl (C=O) groups is 2. The predicted molar refractivity (Wildman–Crippen MR) is 138 cm³/mol. The lowest BCUT2D eigenvalue weighted by Gasteiger charge is -2.26. The van der Waals surface area contributed by atoms with Crippen molar-refractivity contribution < 1.29 is 37.3 Å². The average molecular weight is 558 g/mol. The summed E-state index contributed by atoms with van der Waals surface area (Å²) >= 11 is 1.37. The second-order valence-electron chi connectivity index (χ2n) is 8.43. The van der Waals surface area contributed by atoms with Gasteiger partial charge in [0, 0.05) is 45.2 Å². The Hall–Kier alpha value is -3.16. The van der Waals surface area contributed by atoms with Crippen molar-refractivity contribution in [1.82, 2.24) is 14.4 Å². The van der Waals surface area contributed by atoms with Crippen LogP contribution in [0.5, 0.6) is 5.75 Å². The van der Waals surface area contributed by atoms with Crippen LogP contribution < -0.4 is 10.3 Å². The summed E-state index contributed by atoms with van der Waals surface area (Å²) in [6.07, 6.45) is -5.08. The number of aromatic nitrogens is 1. The topological polar surface area (TPSA) is 101 Å². The Morgan fingerprint density at radius 1 is 1.16 bits per heavy atom. The largest absolute Gasteiger partial charge is 0.490 e. The molecule has 1 fully saturated rings. The van der Waals surface area contributed by atoms with Crippen LogP contribution in [-0.4, -0.2) is 90.1 Å². The van der Waals surface area contributed by atoms with Crippen molar-refractivity contribution in [1.29, 1.82) is 0 Å². The summed E-state index contributed by atoms with van der Waals surface area (Å²) < 4.78 is 45.8. The van der Waals surface area contributed by atoms with E-state index in [0.29, 0.717) is 35.7 Å². The van der Waals surface area contributed by atoms with Gasteiger partial charge in [-0.2, -0.15) is 13.2 Å². The summed E-state index contributed by atoms with van der Waals surface area (Å²) in [6, 6.07) is 7.80. The van der Waals surface area contributed by atoms with Crippen molar-refractivity contribution in [2.45, 2.75) is 20.0 Å². The van der Waals surface area contributed by atoms with E-state index in [1.165, 1.54) is 11.3 Å². The molecular weight excluding hydrogens is 527 g/mol. The fourth-order valence-electron chi connectivity index (χ4n) is 4.07. The molecule has 4 rings (SSSR count). The summed E-state index contributed by atoms with van der Waals surface area (Å²) in [5, 5.41) is 8.59. The third-order valence-corrected chi connectivity index (χ3v) is 7.33. The number of carbonyl (C=O) groups excluding carboxylic acids is 1. The van der Waals surface area contributed by atoms with Crippen LogP contribution in [0.25, 0.3) is 21.0 Å². The van der Waals surface area contributed by atoms with Gasteiger partial charge in [-0.15, -0.1) is 11.3 Å². The molecule has 1 saturated heterocycles. The number of thiophene rings is 1. The van der Waals surface area contributed by atoms with Crippen LogP contribution in [0.15, 0.2) is 29.1 Å². The molecule has 208 valence electrons. The van der Waals surface area contributed by atoms with E-state index in [2.05, 4.69) is 4.90 Å². The number of hydrogen-bond acceptors (Lipinski definition) is 7. The van der Waals surface area contributed by atoms with Crippen molar-refractivity contribution in [3.63, 3.8) is 0 Å². The summed E-state index contributed by atoms with van der Waals surface area (Å²) in [5.74, 6) is -2.41. The van der Waals surface area contributed by atoms with Gasteiger partial charge in [-0.3, -0.25) is 14.5 Å². The van der Waals surface area contributed by atoms with E-state index in [9.17, 15) is 22.8 Å². The van der Waals surface area contributed by atoms with Crippen molar-refractivity contribution in [2.24, 2.45) is 7.05 Å². The van der Waals surface area contributed by atoms with Crippen molar-refractivity contribution in [2.75, 3.05) is 52.5 Å². The van der Waals surface area contributed by atoms with Crippen LogP contribution in [0, 0.1) is 0 Å². The minimum absolute atomic E-state index is 0.0845. The van der Waals surface area contributed by atoms with Gasteiger partial charge in [-0.1, -0.05) is 18.2 Å². The maximum absolute atomic E-state index is 13.3. The number of aryl methyl sites for hydroxylation is 1. The first-order valence-electron chi connectivity index (χ1n) is 12.1. The first-order chi connectivity index (χ1) is 18.0. The zero-order valence-electron chi connectivity index (χ0n) is 21.3. The maximum Gasteiger partial charge on any atom is 0.490 e. The molecule has 0 spiro atoms. The predicted octanol–water partition coefficient (Wildman–Crippen LogP) is 3.58. The summed E-state index contributed by atoms with van der Waals surface area (Å²) in [4.78, 5) is 40.1. The number of aliphatic carboxylic acids is 1. The number of morpholine rings is 1. The second-order valence-corrected chi connectivity index (χ2v) is 9.45. The van der Waals surface area contributed by atoms with Crippen molar-refractivity contribution in [3.8, 4) is 5.75 Å². The normalized spacial score (nSPS) is 14.3. The fraction of sp³-hybridized carbons (Fsp3) is 0.480. The van der Waals surface area contributed by atoms with E-state index in [1.54, 1.807) is 16.5 Å². The number of ether oxygens (including phenoxy) is 2. The highest BCUT2D eigenvalue weighted by molar-refractivity contribution is 7.22. The Balaban J connectivity index is 0.000000505. The van der Waals surface area contributed by atoms with Crippen molar-refractivity contribution >= 4 is 44.2 Å². The van der Waals surface area contributed by atoms with Crippen molar-refractivity contribution in [3.05, 3.63) is 39.5 Å². The molecule has 1 amide bonds. The Morgan fingerprint density at radius 2 is 1.76 bits per heavy atom. The van der Waals surface area contributed by atoms with Crippen LogP contribution in [0.3, 0.4) is 0 Å². The van der Waals surface area contributed by atoms with E-state index in [1.807, 2.05) is 38.1 Å². The smallest absolute Gasteiger partial charge is 0.490 e. The monoisotopic (exact) mass is 557 g/mol. The van der Waals surface area contributed by atoms with Gasteiger partial charge < -0.3 is 24.0 Å². The van der Waals surface area contributed by atoms with Gasteiger partial charge in [-0.05, 0) is 19.9 Å². The molecule has 0 radical (unpaired) electrons. The molecule has 3 heterocycles. The lowest BCUT2D eigenvalue weighted by molar-refractivity contribution is -0.192. The van der Waals surface area contributed by atoms with Gasteiger partial charge in [0.1, 0.15) is 16.9 Å². The molecule has 1 aromatic carbocycles. The molecule has 0 unspecified atom stereocenters. The van der Waals surface area contributed by atoms with Gasteiger partial charge in [0.2, 0.25) is 0 Å². The molecule has 9 nitrogen and oxygen atoms in total. The van der Waals surface area contributed by atoms with E-state index in [-0.39, 0.29) is 11.5 Å². The van der Waals surface area contributed by atoms with E-state index < -0.39 is 12.1 Å². The van der Waals surface area contributed by atoms with Gasteiger partial charge in [0.05, 0.1) is 23.4 Å². The van der Waals surface area contributed by atoms with E-state index in [4.69, 9.17) is 19.4 Å². The lowest BCUT2D eigenvalue weighted by Crippen LogP contribution is -2.38. The number of carboxylic acid groups (broad SMARTS) is 1. The third-order valence-electron chi connectivity index (χ3n) is 6.14. The molecule has 0 atom stereocenters. The molecular formula is C25H30F3N3O6S. The highest BCUT2D eigenvalue weighted by Gasteiger charge is 2.38. The average Bonchev–Trinajstić information content (AvgIpc) is 3.28. The number of halogens is 3. The number of carboxylic acids is 1. The molecule has 3 aromatic rings. The van der Waals surface area contributed by atoms with Crippen LogP contribution >= 0.6 is 11.3 Å². The minimum atomic E-state index is -5.08. The zero-order valence-corrected chi connectivity index (χ0v) is 22.2. The highest BCUT2D eigenvalue weighted by Crippen LogP contribution is 2.40. The van der Waals surface area contributed by atoms with Gasteiger partial charge in [0.15, 0.2) is 5.75 Å². The Bertz CT molecular complexity index is 1340. The molecule has 0 bridgehead atoms. The highest BCUT2D eigenvalue weighted by atomic mass is 32.1. The van der Waals surface area contributed by atoms with Gasteiger partial charge in [-0.25, -0.2) is 4.79 Å². The number of hydrogen-bond donors (Lipinski definition) is 1. The first kappa shape index (κ1) is 29.4. The Labute approximate surface area is 220 Å². The number of benzene rings is 1.